The van der Waals surface area contributed by atoms with Crippen molar-refractivity contribution in [3.63, 3.8) is 0 Å². The van der Waals surface area contributed by atoms with E-state index >= 15 is 0 Å². The topological polar surface area (TPSA) is 103 Å². The predicted octanol–water partition coefficient (Wildman–Crippen LogP) is 1.80. The van der Waals surface area contributed by atoms with Gasteiger partial charge in [0.25, 0.3) is 0 Å². The van der Waals surface area contributed by atoms with Crippen molar-refractivity contribution in [3.8, 4) is 0 Å². The maximum Gasteiger partial charge on any atom is 0.311 e. The molecule has 2 heterocycles. The summed E-state index contributed by atoms with van der Waals surface area (Å²) in [4.78, 5) is 14.5. The molecule has 0 radical (unpaired) electrons. The third-order valence-corrected chi connectivity index (χ3v) is 3.43. The van der Waals surface area contributed by atoms with Crippen molar-refractivity contribution in [3.05, 3.63) is 22.2 Å². The highest BCUT2D eigenvalue weighted by atomic mass is 16.6. The van der Waals surface area contributed by atoms with Crippen LogP contribution in [0.4, 0.5) is 17.3 Å². The van der Waals surface area contributed by atoms with E-state index in [-0.39, 0.29) is 23.4 Å². The fraction of sp³-hybridized carbons (Fsp3) is 0.583. The fourth-order valence-corrected chi connectivity index (χ4v) is 2.27. The molecule has 3 N–H and O–H groups in total. The van der Waals surface area contributed by atoms with Gasteiger partial charge in [0.2, 0.25) is 5.82 Å². The number of rotatable bonds is 4. The summed E-state index contributed by atoms with van der Waals surface area (Å²) in [6.45, 7) is 3.48. The van der Waals surface area contributed by atoms with E-state index in [0.29, 0.717) is 5.92 Å². The van der Waals surface area contributed by atoms with Gasteiger partial charge in [0.1, 0.15) is 5.82 Å². The van der Waals surface area contributed by atoms with Crippen molar-refractivity contribution < 1.29 is 9.66 Å². The van der Waals surface area contributed by atoms with Crippen molar-refractivity contribution >= 4 is 17.3 Å². The number of ether oxygens (including phenoxy) is 1. The molecular formula is C12H18N4O3. The zero-order valence-corrected chi connectivity index (χ0v) is 10.8. The highest BCUT2D eigenvalue weighted by molar-refractivity contribution is 5.59. The van der Waals surface area contributed by atoms with Crippen molar-refractivity contribution in [1.82, 2.24) is 4.98 Å². The molecule has 1 aromatic rings. The summed E-state index contributed by atoms with van der Waals surface area (Å²) >= 11 is 0. The van der Waals surface area contributed by atoms with Crippen molar-refractivity contribution in [2.24, 2.45) is 5.92 Å². The number of nitrogens with zero attached hydrogens (tertiary/aromatic N) is 2. The first-order valence-corrected chi connectivity index (χ1v) is 6.33. The second kappa shape index (κ2) is 5.83. The zero-order chi connectivity index (χ0) is 13.8. The Labute approximate surface area is 111 Å². The van der Waals surface area contributed by atoms with E-state index in [4.69, 9.17) is 10.5 Å². The monoisotopic (exact) mass is 266 g/mol. The van der Waals surface area contributed by atoms with Gasteiger partial charge in [0.15, 0.2) is 0 Å². The molecule has 7 nitrogen and oxygen atoms in total. The number of hydrogen-bond donors (Lipinski definition) is 2. The molecule has 1 aromatic heterocycles. The molecule has 1 fully saturated rings. The number of hydrogen-bond acceptors (Lipinski definition) is 6. The third-order valence-electron chi connectivity index (χ3n) is 3.43. The number of nitrogens with two attached hydrogens (primary N) is 1. The average molecular weight is 266 g/mol. The van der Waals surface area contributed by atoms with Crippen LogP contribution in [-0.4, -0.2) is 29.2 Å². The highest BCUT2D eigenvalue weighted by Gasteiger charge is 2.24. The molecule has 1 atom stereocenters. The summed E-state index contributed by atoms with van der Waals surface area (Å²) in [5.41, 5.74) is 5.54. The number of nitro groups is 1. The zero-order valence-electron chi connectivity index (χ0n) is 10.8. The number of nitrogens with one attached hydrogen (secondary N) is 1. The van der Waals surface area contributed by atoms with Gasteiger partial charge in [-0.25, -0.2) is 4.98 Å². The molecule has 0 spiro atoms. The summed E-state index contributed by atoms with van der Waals surface area (Å²) < 4.78 is 5.31. The van der Waals surface area contributed by atoms with Crippen LogP contribution in [0.5, 0.6) is 0 Å². The van der Waals surface area contributed by atoms with E-state index in [9.17, 15) is 10.1 Å². The van der Waals surface area contributed by atoms with Gasteiger partial charge >= 0.3 is 5.69 Å². The van der Waals surface area contributed by atoms with Crippen molar-refractivity contribution in [2.45, 2.75) is 25.8 Å². The number of pyridine rings is 1. The molecule has 2 rings (SSSR count). The Bertz CT molecular complexity index is 460. The van der Waals surface area contributed by atoms with Gasteiger partial charge in [-0.1, -0.05) is 0 Å². The maximum atomic E-state index is 11.0. The molecule has 7 heteroatoms. The Morgan fingerprint density at radius 2 is 2.21 bits per heavy atom. The van der Waals surface area contributed by atoms with E-state index < -0.39 is 4.92 Å². The molecule has 1 aliphatic heterocycles. The van der Waals surface area contributed by atoms with Crippen LogP contribution in [0.1, 0.15) is 19.8 Å². The van der Waals surface area contributed by atoms with Gasteiger partial charge in [0, 0.05) is 25.3 Å². The molecule has 0 aliphatic carbocycles. The second-order valence-corrected chi connectivity index (χ2v) is 4.74. The number of aromatic nitrogens is 1. The Kier molecular flexibility index (Phi) is 4.16. The average Bonchev–Trinajstić information content (AvgIpc) is 2.39. The van der Waals surface area contributed by atoms with Crippen LogP contribution in [0.2, 0.25) is 0 Å². The maximum absolute atomic E-state index is 11.0. The lowest BCUT2D eigenvalue weighted by Gasteiger charge is -2.28. The Morgan fingerprint density at radius 1 is 1.53 bits per heavy atom. The summed E-state index contributed by atoms with van der Waals surface area (Å²) in [6, 6.07) is 2.90. The first-order chi connectivity index (χ1) is 9.08. The molecule has 1 unspecified atom stereocenters. The van der Waals surface area contributed by atoms with Gasteiger partial charge in [0.05, 0.1) is 4.92 Å². The minimum Gasteiger partial charge on any atom is -0.384 e. The predicted molar refractivity (Wildman–Crippen MR) is 71.9 cm³/mol. The van der Waals surface area contributed by atoms with E-state index in [1.807, 2.05) is 6.92 Å². The molecule has 104 valence electrons. The number of anilines is 2. The van der Waals surface area contributed by atoms with Gasteiger partial charge in [-0.15, -0.1) is 0 Å². The first kappa shape index (κ1) is 13.5. The largest absolute Gasteiger partial charge is 0.384 e. The lowest BCUT2D eigenvalue weighted by atomic mass is 9.93. The van der Waals surface area contributed by atoms with Crippen LogP contribution >= 0.6 is 0 Å². The summed E-state index contributed by atoms with van der Waals surface area (Å²) in [6.07, 6.45) is 1.90. The molecule has 19 heavy (non-hydrogen) atoms. The summed E-state index contributed by atoms with van der Waals surface area (Å²) in [5.74, 6) is 0.938. The summed E-state index contributed by atoms with van der Waals surface area (Å²) in [7, 11) is 0. The molecule has 0 bridgehead atoms. The van der Waals surface area contributed by atoms with Gasteiger partial charge in [-0.05, 0) is 31.7 Å². The lowest BCUT2D eigenvalue weighted by molar-refractivity contribution is -0.384. The van der Waals surface area contributed by atoms with Gasteiger partial charge in [-0.3, -0.25) is 10.1 Å². The smallest absolute Gasteiger partial charge is 0.311 e. The second-order valence-electron chi connectivity index (χ2n) is 4.74. The molecule has 0 saturated carbocycles. The van der Waals surface area contributed by atoms with E-state index in [2.05, 4.69) is 10.3 Å². The number of nitrogen functional groups attached to an aromatic ring is 1. The van der Waals surface area contributed by atoms with Crippen LogP contribution < -0.4 is 11.1 Å². The van der Waals surface area contributed by atoms with Crippen LogP contribution in [0, 0.1) is 16.0 Å². The molecule has 0 aromatic carbocycles. The van der Waals surface area contributed by atoms with E-state index in [1.54, 1.807) is 0 Å². The van der Waals surface area contributed by atoms with Crippen LogP contribution in [0.15, 0.2) is 12.1 Å². The van der Waals surface area contributed by atoms with Crippen LogP contribution in [-0.2, 0) is 4.74 Å². The summed E-state index contributed by atoms with van der Waals surface area (Å²) in [5, 5.41) is 14.1. The standard InChI is InChI=1S/C12H18N4O3/c1-8(9-4-6-19-7-5-9)14-12-10(16(17)18)2-3-11(13)15-12/h2-3,8-9H,4-7H2,1H3,(H3,13,14,15). The first-order valence-electron chi connectivity index (χ1n) is 6.33. The van der Waals surface area contributed by atoms with Crippen LogP contribution in [0.25, 0.3) is 0 Å². The quantitative estimate of drug-likeness (QED) is 0.636. The molecule has 1 saturated heterocycles. The molecule has 0 amide bonds. The van der Waals surface area contributed by atoms with Crippen molar-refractivity contribution in [1.29, 1.82) is 0 Å². The lowest BCUT2D eigenvalue weighted by Crippen LogP contribution is -2.31. The van der Waals surface area contributed by atoms with Gasteiger partial charge in [-0.2, -0.15) is 0 Å². The normalized spacial score (nSPS) is 17.9. The molecular weight excluding hydrogens is 248 g/mol. The third kappa shape index (κ3) is 3.31. The van der Waals surface area contributed by atoms with E-state index in [1.165, 1.54) is 12.1 Å². The molecule has 1 aliphatic rings. The Morgan fingerprint density at radius 3 is 2.84 bits per heavy atom. The minimum absolute atomic E-state index is 0.0480. The Balaban J connectivity index is 2.12. The fourth-order valence-electron chi connectivity index (χ4n) is 2.27. The van der Waals surface area contributed by atoms with E-state index in [0.717, 1.165) is 26.1 Å². The van der Waals surface area contributed by atoms with Crippen LogP contribution in [0.3, 0.4) is 0 Å². The minimum atomic E-state index is -0.453. The van der Waals surface area contributed by atoms with Crippen molar-refractivity contribution in [2.75, 3.05) is 24.3 Å². The SMILES string of the molecule is CC(Nc1nc(N)ccc1[N+](=O)[O-])C1CCOCC1. The highest BCUT2D eigenvalue weighted by Crippen LogP contribution is 2.27. The Hall–Kier alpha value is -1.89. The van der Waals surface area contributed by atoms with Gasteiger partial charge < -0.3 is 15.8 Å².